The van der Waals surface area contributed by atoms with Crippen LogP contribution in [-0.2, 0) is 23.4 Å². The maximum Gasteiger partial charge on any atom is 0.433 e. The molecule has 0 spiro atoms. The van der Waals surface area contributed by atoms with Crippen LogP contribution in [0.3, 0.4) is 0 Å². The van der Waals surface area contributed by atoms with E-state index in [2.05, 4.69) is 25.5 Å². The number of anilines is 1. The van der Waals surface area contributed by atoms with Crippen molar-refractivity contribution in [2.24, 2.45) is 7.05 Å². The Kier molecular flexibility index (Phi) is 4.71. The highest BCUT2D eigenvalue weighted by Gasteiger charge is 2.47. The molecule has 1 aliphatic rings. The van der Waals surface area contributed by atoms with Gasteiger partial charge in [-0.15, -0.1) is 0 Å². The van der Waals surface area contributed by atoms with Gasteiger partial charge in [0.2, 0.25) is 5.91 Å². The van der Waals surface area contributed by atoms with Gasteiger partial charge in [0.15, 0.2) is 10.8 Å². The molecule has 0 unspecified atom stereocenters. The zero-order valence-electron chi connectivity index (χ0n) is 17.4. The summed E-state index contributed by atoms with van der Waals surface area (Å²) in [4.78, 5) is 21.0. The summed E-state index contributed by atoms with van der Waals surface area (Å²) in [5.74, 6) is -1.14. The molecule has 1 amide bonds. The van der Waals surface area contributed by atoms with Crippen molar-refractivity contribution in [2.75, 3.05) is 5.32 Å². The van der Waals surface area contributed by atoms with Crippen molar-refractivity contribution >= 4 is 28.8 Å². The minimum Gasteiger partial charge on any atom is -0.325 e. The molecule has 1 N–H and O–H groups in total. The number of carbonyl (C=O) groups is 1. The smallest absolute Gasteiger partial charge is 0.325 e. The van der Waals surface area contributed by atoms with E-state index in [4.69, 9.17) is 11.6 Å². The highest BCUT2D eigenvalue weighted by atomic mass is 35.5. The van der Waals surface area contributed by atoms with Crippen LogP contribution in [0, 0.1) is 0 Å². The van der Waals surface area contributed by atoms with Crippen LogP contribution in [-0.4, -0.2) is 35.3 Å². The molecule has 2 atom stereocenters. The van der Waals surface area contributed by atoms with Gasteiger partial charge in [-0.25, -0.2) is 9.50 Å². The van der Waals surface area contributed by atoms with Crippen LogP contribution in [0.1, 0.15) is 41.8 Å². The van der Waals surface area contributed by atoms with E-state index in [1.807, 2.05) is 13.1 Å². The molecule has 170 valence electrons. The number of halogens is 4. The second-order valence-corrected chi connectivity index (χ2v) is 8.59. The van der Waals surface area contributed by atoms with Crippen molar-refractivity contribution in [3.8, 4) is 0 Å². The molecular formula is C21H17ClF3N7O. The van der Waals surface area contributed by atoms with Crippen molar-refractivity contribution in [3.05, 3.63) is 70.7 Å². The first-order valence-corrected chi connectivity index (χ1v) is 10.3. The number of hydrogen-bond acceptors (Lipinski definition) is 5. The zero-order valence-corrected chi connectivity index (χ0v) is 18.2. The molecule has 8 nitrogen and oxygen atoms in total. The maximum atomic E-state index is 13.3. The summed E-state index contributed by atoms with van der Waals surface area (Å²) >= 11 is 6.12. The van der Waals surface area contributed by atoms with Gasteiger partial charge in [-0.1, -0.05) is 11.6 Å². The Morgan fingerprint density at radius 2 is 2.06 bits per heavy atom. The molecule has 0 radical (unpaired) electrons. The van der Waals surface area contributed by atoms with Crippen molar-refractivity contribution < 1.29 is 18.0 Å². The summed E-state index contributed by atoms with van der Waals surface area (Å²) in [5.41, 5.74) is 1.01. The summed E-state index contributed by atoms with van der Waals surface area (Å²) in [6, 6.07) is 3.75. The lowest BCUT2D eigenvalue weighted by Gasteiger charge is -2.24. The first-order chi connectivity index (χ1) is 15.6. The number of alkyl halides is 3. The number of carbonyl (C=O) groups excluding carboxylic acids is 1. The van der Waals surface area contributed by atoms with Gasteiger partial charge in [0.1, 0.15) is 5.69 Å². The fraction of sp³-hybridized carbons (Fsp3) is 0.286. The standard InChI is InChI=1S/C21H17ClF3N7O/c1-20(11-8-28-31(2)10-11)7-13(14-9-27-17-6-16(22)30-32(17)18(14)20)19(33)29-12-3-4-26-15(5-12)21(23,24)25/h3-6,8-10,13H,7H2,1-2H3,(H,26,29,33)/t13-,20+/m0/s1. The molecule has 12 heteroatoms. The number of nitrogens with one attached hydrogen (secondary N) is 1. The van der Waals surface area contributed by atoms with Gasteiger partial charge in [0, 0.05) is 53.9 Å². The largest absolute Gasteiger partial charge is 0.433 e. The van der Waals surface area contributed by atoms with Gasteiger partial charge in [-0.2, -0.15) is 23.4 Å². The summed E-state index contributed by atoms with van der Waals surface area (Å²) in [7, 11) is 1.79. The van der Waals surface area contributed by atoms with Gasteiger partial charge >= 0.3 is 6.18 Å². The minimum atomic E-state index is -4.62. The molecule has 0 saturated heterocycles. The maximum absolute atomic E-state index is 13.3. The predicted molar refractivity (Wildman–Crippen MR) is 113 cm³/mol. The number of amides is 1. The molecule has 5 rings (SSSR count). The SMILES string of the molecule is Cn1cc([C@@]2(C)C[C@H](C(=O)Nc3ccnc(C(F)(F)F)c3)c3cnc4cc(Cl)nn4c32)cn1. The second-order valence-electron chi connectivity index (χ2n) is 8.21. The zero-order chi connectivity index (χ0) is 23.5. The molecule has 4 aromatic rings. The fourth-order valence-corrected chi connectivity index (χ4v) is 4.60. The minimum absolute atomic E-state index is 0.00928. The molecule has 0 aromatic carbocycles. The summed E-state index contributed by atoms with van der Waals surface area (Å²) in [5, 5.41) is 11.5. The van der Waals surface area contributed by atoms with Crippen molar-refractivity contribution in [1.82, 2.24) is 29.4 Å². The van der Waals surface area contributed by atoms with E-state index in [0.29, 0.717) is 17.6 Å². The van der Waals surface area contributed by atoms with Gasteiger partial charge < -0.3 is 5.32 Å². The van der Waals surface area contributed by atoms with Crippen LogP contribution in [0.2, 0.25) is 5.15 Å². The quantitative estimate of drug-likeness (QED) is 0.484. The van der Waals surface area contributed by atoms with E-state index in [0.717, 1.165) is 23.5 Å². The monoisotopic (exact) mass is 475 g/mol. The van der Waals surface area contributed by atoms with E-state index < -0.39 is 29.1 Å². The fourth-order valence-electron chi connectivity index (χ4n) is 4.43. The van der Waals surface area contributed by atoms with E-state index in [1.165, 1.54) is 6.07 Å². The number of aromatic nitrogens is 6. The second kappa shape index (κ2) is 7.27. The number of hydrogen-bond donors (Lipinski definition) is 1. The van der Waals surface area contributed by atoms with Gasteiger partial charge in [0.25, 0.3) is 0 Å². The Bertz CT molecular complexity index is 1400. The first kappa shape index (κ1) is 21.4. The predicted octanol–water partition coefficient (Wildman–Crippen LogP) is 3.96. The third kappa shape index (κ3) is 3.52. The van der Waals surface area contributed by atoms with Crippen molar-refractivity contribution in [3.63, 3.8) is 0 Å². The van der Waals surface area contributed by atoms with E-state index >= 15 is 0 Å². The first-order valence-electron chi connectivity index (χ1n) is 9.94. The summed E-state index contributed by atoms with van der Waals surface area (Å²) < 4.78 is 42.4. The van der Waals surface area contributed by atoms with Crippen molar-refractivity contribution in [1.29, 1.82) is 0 Å². The van der Waals surface area contributed by atoms with E-state index in [-0.39, 0.29) is 10.8 Å². The van der Waals surface area contributed by atoms with Crippen molar-refractivity contribution in [2.45, 2.75) is 30.9 Å². The third-order valence-electron chi connectivity index (χ3n) is 5.97. The van der Waals surface area contributed by atoms with Crippen LogP contribution in [0.4, 0.5) is 18.9 Å². The average Bonchev–Trinajstić information content (AvgIpc) is 3.43. The molecular weight excluding hydrogens is 459 g/mol. The van der Waals surface area contributed by atoms with Gasteiger partial charge in [0.05, 0.1) is 17.8 Å². The lowest BCUT2D eigenvalue weighted by molar-refractivity contribution is -0.141. The number of rotatable bonds is 3. The molecule has 0 saturated carbocycles. The number of pyridine rings is 1. The Hall–Kier alpha value is -3.47. The molecule has 33 heavy (non-hydrogen) atoms. The topological polar surface area (TPSA) is 90.0 Å². The summed E-state index contributed by atoms with van der Waals surface area (Å²) in [6.45, 7) is 1.97. The average molecular weight is 476 g/mol. The van der Waals surface area contributed by atoms with Gasteiger partial charge in [-0.05, 0) is 25.5 Å². The molecule has 0 aliphatic heterocycles. The normalized spacial score (nSPS) is 20.2. The molecule has 4 heterocycles. The summed E-state index contributed by atoms with van der Waals surface area (Å²) in [6.07, 6.45) is 1.92. The van der Waals surface area contributed by atoms with Gasteiger partial charge in [-0.3, -0.25) is 14.5 Å². The lowest BCUT2D eigenvalue weighted by Crippen LogP contribution is -2.25. The Labute approximate surface area is 190 Å². The van der Waals surface area contributed by atoms with Crippen LogP contribution in [0.25, 0.3) is 5.65 Å². The van der Waals surface area contributed by atoms with Crippen LogP contribution >= 0.6 is 11.6 Å². The highest BCUT2D eigenvalue weighted by molar-refractivity contribution is 6.29. The Morgan fingerprint density at radius 3 is 2.76 bits per heavy atom. The number of fused-ring (bicyclic) bond motifs is 3. The molecule has 0 fully saturated rings. The third-order valence-corrected chi connectivity index (χ3v) is 6.15. The lowest BCUT2D eigenvalue weighted by atomic mass is 9.80. The van der Waals surface area contributed by atoms with E-state index in [9.17, 15) is 18.0 Å². The van der Waals surface area contributed by atoms with Crippen LogP contribution < -0.4 is 5.32 Å². The van der Waals surface area contributed by atoms with Crippen LogP contribution in [0.15, 0.2) is 43.0 Å². The molecule has 0 bridgehead atoms. The Balaban J connectivity index is 1.58. The highest BCUT2D eigenvalue weighted by Crippen LogP contribution is 2.50. The van der Waals surface area contributed by atoms with E-state index in [1.54, 1.807) is 34.7 Å². The number of nitrogens with zero attached hydrogens (tertiary/aromatic N) is 6. The Morgan fingerprint density at radius 1 is 1.27 bits per heavy atom. The van der Waals surface area contributed by atoms with Crippen LogP contribution in [0.5, 0.6) is 0 Å². The molecule has 1 aliphatic carbocycles. The molecule has 4 aromatic heterocycles. The number of aryl methyl sites for hydroxylation is 1.